The molecule has 0 atom stereocenters. The molecule has 0 spiro atoms. The van der Waals surface area contributed by atoms with Crippen LogP contribution >= 0.6 is 0 Å². The molecule has 12 aromatic carbocycles. The van der Waals surface area contributed by atoms with E-state index >= 15 is 0 Å². The highest BCUT2D eigenvalue weighted by Gasteiger charge is 2.29. The summed E-state index contributed by atoms with van der Waals surface area (Å²) in [6.45, 7) is 0. The second kappa shape index (κ2) is 19.4. The Hall–Kier alpha value is -11.5. The smallest absolute Gasteiger partial charge is 0.167 e. The number of hydrogen-bond donors (Lipinski definition) is 0. The van der Waals surface area contributed by atoms with Gasteiger partial charge < -0.3 is 13.6 Å². The lowest BCUT2D eigenvalue weighted by Gasteiger charge is -2.19. The average Bonchev–Trinajstić information content (AvgIpc) is 2.06. The van der Waals surface area contributed by atoms with Crippen molar-refractivity contribution in [2.45, 2.75) is 0 Å². The second-order valence-corrected chi connectivity index (χ2v) is 21.0. The topological polar surface area (TPSA) is 85.5 Å². The van der Waals surface area contributed by atoms with E-state index in [1.165, 1.54) is 0 Å². The number of furan rings is 1. The van der Waals surface area contributed by atoms with Gasteiger partial charge in [-0.1, -0.05) is 218 Å². The van der Waals surface area contributed by atoms with Gasteiger partial charge >= 0.3 is 0 Å². The zero-order valence-electron chi connectivity index (χ0n) is 44.6. The third-order valence-corrected chi connectivity index (χ3v) is 16.2. The second-order valence-electron chi connectivity index (χ2n) is 21.0. The van der Waals surface area contributed by atoms with Crippen LogP contribution in [0.4, 0.5) is 0 Å². The van der Waals surface area contributed by atoms with Crippen LogP contribution in [-0.4, -0.2) is 24.1 Å². The molecule has 0 aliphatic rings. The first-order chi connectivity index (χ1) is 41.1. The molecule has 4 heterocycles. The lowest BCUT2D eigenvalue weighted by molar-refractivity contribution is 0.668. The van der Waals surface area contributed by atoms with Gasteiger partial charge in [0.25, 0.3) is 0 Å². The van der Waals surface area contributed by atoms with Gasteiger partial charge in [0.05, 0.1) is 50.0 Å². The summed E-state index contributed by atoms with van der Waals surface area (Å²) in [6, 6.07) is 100. The van der Waals surface area contributed by atoms with Gasteiger partial charge in [0.1, 0.15) is 11.7 Å². The number of nitrogens with zero attached hydrogens (tertiary/aromatic N) is 6. The number of aromatic nitrogens is 5. The van der Waals surface area contributed by atoms with Crippen LogP contribution in [0, 0.1) is 11.3 Å². The molecule has 83 heavy (non-hydrogen) atoms. The lowest BCUT2D eigenvalue weighted by Crippen LogP contribution is -2.05. The molecule has 0 fully saturated rings. The Kier molecular flexibility index (Phi) is 11.1. The summed E-state index contributed by atoms with van der Waals surface area (Å²) in [7, 11) is 0. The van der Waals surface area contributed by atoms with Crippen LogP contribution in [0.5, 0.6) is 0 Å². The van der Waals surface area contributed by atoms with Crippen molar-refractivity contribution in [3.05, 3.63) is 285 Å². The minimum atomic E-state index is 0.391. The molecule has 7 nitrogen and oxygen atoms in total. The van der Waals surface area contributed by atoms with Crippen molar-refractivity contribution in [1.82, 2.24) is 24.1 Å². The quantitative estimate of drug-likeness (QED) is 0.144. The van der Waals surface area contributed by atoms with Gasteiger partial charge in [-0.3, -0.25) is 0 Å². The molecule has 0 N–H and O–H groups in total. The Balaban J connectivity index is 1.06. The maximum absolute atomic E-state index is 11.6. The molecule has 16 aromatic rings. The molecule has 0 bridgehead atoms. The minimum absolute atomic E-state index is 0.391. The van der Waals surface area contributed by atoms with E-state index in [1.807, 2.05) is 78.9 Å². The lowest BCUT2D eigenvalue weighted by atomic mass is 10.0. The van der Waals surface area contributed by atoms with Crippen molar-refractivity contribution < 1.29 is 4.42 Å². The van der Waals surface area contributed by atoms with Crippen molar-refractivity contribution in [1.29, 1.82) is 5.26 Å². The number of benzene rings is 12. The maximum atomic E-state index is 11.6. The molecule has 0 saturated carbocycles. The molecular formula is C76H46N6O. The Bertz CT molecular complexity index is 4990. The first-order valence-corrected chi connectivity index (χ1v) is 27.8. The van der Waals surface area contributed by atoms with E-state index in [0.717, 1.165) is 121 Å². The van der Waals surface area contributed by atoms with E-state index in [-0.39, 0.29) is 0 Å². The maximum Gasteiger partial charge on any atom is 0.167 e. The third kappa shape index (κ3) is 7.92. The van der Waals surface area contributed by atoms with Crippen molar-refractivity contribution in [2.75, 3.05) is 0 Å². The van der Waals surface area contributed by atoms with E-state index < -0.39 is 0 Å². The average molecular weight is 1060 g/mol. The summed E-state index contributed by atoms with van der Waals surface area (Å²) in [5.74, 6) is 1.53. The first-order valence-electron chi connectivity index (χ1n) is 27.8. The fraction of sp³-hybridized carbons (Fsp3) is 0. The van der Waals surface area contributed by atoms with E-state index in [2.05, 4.69) is 215 Å². The van der Waals surface area contributed by atoms with Crippen molar-refractivity contribution in [3.8, 4) is 96.1 Å². The predicted octanol–water partition coefficient (Wildman–Crippen LogP) is 19.5. The number of fused-ring (bicyclic) bond motifs is 9. The largest absolute Gasteiger partial charge is 0.454 e. The molecule has 0 unspecified atom stereocenters. The summed E-state index contributed by atoms with van der Waals surface area (Å²) < 4.78 is 12.1. The van der Waals surface area contributed by atoms with Crippen molar-refractivity contribution in [2.24, 2.45) is 0 Å². The van der Waals surface area contributed by atoms with E-state index in [1.54, 1.807) is 0 Å². The number of para-hydroxylation sites is 1. The molecular weight excluding hydrogens is 1010 g/mol. The summed E-state index contributed by atoms with van der Waals surface area (Å²) in [4.78, 5) is 15.5. The SMILES string of the molecule is N#Cc1cc(-n2c3ccc(-c4ccccc4)cc3c3cc(-c4ccccc4)ccc32)c(-n2c3ccc(-c4ccccc4)cc3c3cc(-c4ccccc4)ccc32)c2c1oc1c(-c3nc(-c4ccccc4)nc(-c4ccccc4)n3)cccc12. The normalized spacial score (nSPS) is 11.6. The standard InChI is InChI=1S/C76H46N6O/c77-47-58-46-69(81-65-38-34-54(48-20-7-1-8-21-48)42-61(65)62-43-55(35-39-66(62)81)49-22-9-2-10-23-49)71(82-67-40-36-56(50-24-11-3-12-25-50)44-63(67)64-45-57(37-41-68(64)82)51-26-13-4-14-27-51)70-59-32-19-33-60(73(59)83-72(58)70)76-79-74(52-28-15-5-16-29-52)78-75(80-76)53-30-17-6-18-31-53/h1-46H. The van der Waals surface area contributed by atoms with Gasteiger partial charge in [-0.2, -0.15) is 5.26 Å². The van der Waals surface area contributed by atoms with E-state index in [4.69, 9.17) is 19.4 Å². The number of nitriles is 1. The predicted molar refractivity (Wildman–Crippen MR) is 339 cm³/mol. The zero-order valence-corrected chi connectivity index (χ0v) is 44.6. The van der Waals surface area contributed by atoms with E-state index in [9.17, 15) is 5.26 Å². The molecule has 0 aliphatic carbocycles. The van der Waals surface area contributed by atoms with Gasteiger partial charge in [-0.05, 0) is 105 Å². The molecule has 16 rings (SSSR count). The Morgan fingerprint density at radius 1 is 0.301 bits per heavy atom. The summed E-state index contributed by atoms with van der Waals surface area (Å²) in [6.07, 6.45) is 0. The summed E-state index contributed by atoms with van der Waals surface area (Å²) in [5.41, 5.74) is 18.4. The Labute approximate surface area is 477 Å². The van der Waals surface area contributed by atoms with Crippen LogP contribution in [0.2, 0.25) is 0 Å². The molecule has 0 saturated heterocycles. The van der Waals surface area contributed by atoms with Gasteiger partial charge in [-0.15, -0.1) is 0 Å². The van der Waals surface area contributed by atoms with Crippen molar-refractivity contribution in [3.63, 3.8) is 0 Å². The van der Waals surface area contributed by atoms with E-state index in [0.29, 0.717) is 39.8 Å². The van der Waals surface area contributed by atoms with Crippen LogP contribution in [0.1, 0.15) is 5.56 Å². The molecule has 386 valence electrons. The highest BCUT2D eigenvalue weighted by Crippen LogP contribution is 2.48. The molecule has 4 aromatic heterocycles. The fourth-order valence-corrected chi connectivity index (χ4v) is 12.3. The van der Waals surface area contributed by atoms with Gasteiger partial charge in [0, 0.05) is 38.1 Å². The van der Waals surface area contributed by atoms with Crippen LogP contribution < -0.4 is 0 Å². The Morgan fingerprint density at radius 3 is 1.05 bits per heavy atom. The minimum Gasteiger partial charge on any atom is -0.454 e. The Morgan fingerprint density at radius 2 is 0.663 bits per heavy atom. The molecule has 0 amide bonds. The molecule has 0 aliphatic heterocycles. The first kappa shape index (κ1) is 47.5. The fourth-order valence-electron chi connectivity index (χ4n) is 12.3. The summed E-state index contributed by atoms with van der Waals surface area (Å²) >= 11 is 0. The van der Waals surface area contributed by atoms with Crippen LogP contribution in [-0.2, 0) is 0 Å². The van der Waals surface area contributed by atoms with Gasteiger partial charge in [0.2, 0.25) is 0 Å². The van der Waals surface area contributed by atoms with Crippen LogP contribution in [0.25, 0.3) is 156 Å². The highest BCUT2D eigenvalue weighted by atomic mass is 16.3. The van der Waals surface area contributed by atoms with Gasteiger partial charge in [0.15, 0.2) is 23.1 Å². The van der Waals surface area contributed by atoms with Crippen molar-refractivity contribution >= 4 is 65.6 Å². The van der Waals surface area contributed by atoms with Crippen LogP contribution in [0.3, 0.4) is 0 Å². The number of rotatable bonds is 9. The monoisotopic (exact) mass is 1060 g/mol. The summed E-state index contributed by atoms with van der Waals surface area (Å²) in [5, 5.41) is 17.6. The number of hydrogen-bond acceptors (Lipinski definition) is 5. The third-order valence-electron chi connectivity index (χ3n) is 16.2. The molecule has 7 heteroatoms. The van der Waals surface area contributed by atoms with Crippen LogP contribution in [0.15, 0.2) is 283 Å². The highest BCUT2D eigenvalue weighted by molar-refractivity contribution is 6.20. The molecule has 0 radical (unpaired) electrons. The van der Waals surface area contributed by atoms with Gasteiger partial charge in [-0.25, -0.2) is 15.0 Å². The zero-order chi connectivity index (χ0) is 55.0.